The Balaban J connectivity index is 2.26. The molecule has 6 heteroatoms. The minimum absolute atomic E-state index is 0.0784. The van der Waals surface area contributed by atoms with Crippen LogP contribution in [0.25, 0.3) is 0 Å². The molecule has 0 saturated heterocycles. The van der Waals surface area contributed by atoms with Gasteiger partial charge in [-0.25, -0.2) is 0 Å². The molecule has 1 aliphatic heterocycles. The molecule has 0 spiro atoms. The normalized spacial score (nSPS) is 23.6. The largest absolute Gasteiger partial charge is 0.414 e. The smallest absolute Gasteiger partial charge is 0.193 e. The van der Waals surface area contributed by atoms with Crippen molar-refractivity contribution in [3.8, 4) is 0 Å². The number of ether oxygens (including phenoxy) is 1. The van der Waals surface area contributed by atoms with Crippen LogP contribution in [0.5, 0.6) is 0 Å². The summed E-state index contributed by atoms with van der Waals surface area (Å²) < 4.78 is 21.0. The summed E-state index contributed by atoms with van der Waals surface area (Å²) in [5, 5.41) is 0.312. The van der Waals surface area contributed by atoms with Crippen LogP contribution in [-0.2, 0) is 13.6 Å². The molecule has 30 heavy (non-hydrogen) atoms. The lowest BCUT2D eigenvalue weighted by molar-refractivity contribution is -0.0739. The van der Waals surface area contributed by atoms with Gasteiger partial charge in [-0.2, -0.15) is 0 Å². The molecule has 0 amide bonds. The van der Waals surface area contributed by atoms with Gasteiger partial charge in [0.1, 0.15) is 12.2 Å². The Morgan fingerprint density at radius 2 is 1.40 bits per heavy atom. The Bertz CT molecular complexity index is 730. The monoisotopic (exact) mass is 512 g/mol. The summed E-state index contributed by atoms with van der Waals surface area (Å²) in [4.78, 5) is 0. The van der Waals surface area contributed by atoms with E-state index in [4.69, 9.17) is 13.6 Å². The van der Waals surface area contributed by atoms with Gasteiger partial charge >= 0.3 is 0 Å². The first-order chi connectivity index (χ1) is 13.5. The summed E-state index contributed by atoms with van der Waals surface area (Å²) in [6.45, 7) is 23.4. The Labute approximate surface area is 195 Å². The molecule has 0 saturated carbocycles. The van der Waals surface area contributed by atoms with Crippen molar-refractivity contribution >= 4 is 32.6 Å². The van der Waals surface area contributed by atoms with E-state index in [-0.39, 0.29) is 28.4 Å². The number of rotatable bonds is 6. The Hall–Kier alpha value is -0.246. The van der Waals surface area contributed by atoms with E-state index in [9.17, 15) is 0 Å². The minimum Gasteiger partial charge on any atom is -0.414 e. The fourth-order valence-electron chi connectivity index (χ4n) is 2.76. The van der Waals surface area contributed by atoms with E-state index in [1.165, 1.54) is 0 Å². The van der Waals surface area contributed by atoms with Crippen LogP contribution in [0.3, 0.4) is 0 Å². The van der Waals surface area contributed by atoms with Crippen molar-refractivity contribution in [3.63, 3.8) is 0 Å². The third-order valence-electron chi connectivity index (χ3n) is 7.01. The summed E-state index contributed by atoms with van der Waals surface area (Å²) in [7, 11) is -3.81. The van der Waals surface area contributed by atoms with E-state index in [0.717, 1.165) is 10.0 Å². The molecule has 3 nitrogen and oxygen atoms in total. The van der Waals surface area contributed by atoms with E-state index in [0.29, 0.717) is 6.61 Å². The number of hydrogen-bond acceptors (Lipinski definition) is 3. The molecule has 1 aromatic carbocycles. The predicted octanol–water partition coefficient (Wildman–Crippen LogP) is 7.86. The molecule has 2 rings (SSSR count). The zero-order valence-corrected chi connectivity index (χ0v) is 24.1. The maximum Gasteiger partial charge on any atom is 0.193 e. The average Bonchev–Trinajstić information content (AvgIpc) is 2.59. The Morgan fingerprint density at radius 3 is 1.90 bits per heavy atom. The van der Waals surface area contributed by atoms with Gasteiger partial charge in [0.05, 0.1) is 12.7 Å². The average molecular weight is 514 g/mol. The van der Waals surface area contributed by atoms with Crippen LogP contribution in [-0.4, -0.2) is 35.4 Å². The summed E-state index contributed by atoms with van der Waals surface area (Å²) in [6, 6.07) is 8.34. The summed E-state index contributed by atoms with van der Waals surface area (Å²) in [6.07, 6.45) is 4.07. The van der Waals surface area contributed by atoms with Gasteiger partial charge in [-0.15, -0.1) is 0 Å². The molecule has 0 radical (unpaired) electrons. The van der Waals surface area contributed by atoms with Crippen LogP contribution in [0, 0.1) is 0 Å². The highest BCUT2D eigenvalue weighted by Crippen LogP contribution is 2.40. The maximum absolute atomic E-state index is 6.77. The minimum atomic E-state index is -1.94. The molecule has 1 aromatic rings. The van der Waals surface area contributed by atoms with Crippen molar-refractivity contribution in [1.29, 1.82) is 0 Å². The van der Waals surface area contributed by atoms with Crippen LogP contribution in [0.1, 0.15) is 53.2 Å². The van der Waals surface area contributed by atoms with Gasteiger partial charge in [-0.1, -0.05) is 81.8 Å². The van der Waals surface area contributed by atoms with Crippen molar-refractivity contribution in [3.05, 3.63) is 46.5 Å². The molecular weight excluding hydrogens is 472 g/mol. The molecule has 0 fully saturated rings. The van der Waals surface area contributed by atoms with Crippen LogP contribution in [0.15, 0.2) is 40.9 Å². The first-order valence-corrected chi connectivity index (χ1v) is 17.6. The molecule has 1 heterocycles. The Morgan fingerprint density at radius 1 is 0.867 bits per heavy atom. The van der Waals surface area contributed by atoms with E-state index in [1.807, 2.05) is 0 Å². The molecule has 1 aliphatic rings. The molecule has 0 aromatic heterocycles. The fourth-order valence-corrected chi connectivity index (χ4v) is 5.30. The Kier molecular flexibility index (Phi) is 8.08. The van der Waals surface area contributed by atoms with Crippen molar-refractivity contribution in [1.82, 2.24) is 0 Å². The second-order valence-corrected chi connectivity index (χ2v) is 21.9. The third-order valence-corrected chi connectivity index (χ3v) is 16.5. The second-order valence-electron chi connectivity index (χ2n) is 11.4. The van der Waals surface area contributed by atoms with Gasteiger partial charge in [-0.05, 0) is 54.0 Å². The van der Waals surface area contributed by atoms with Gasteiger partial charge in [0.2, 0.25) is 0 Å². The highest BCUT2D eigenvalue weighted by atomic mass is 79.9. The first kappa shape index (κ1) is 26.0. The molecule has 170 valence electrons. The highest BCUT2D eigenvalue weighted by Gasteiger charge is 2.43. The molecular formula is C24H41BrO3Si2. The van der Waals surface area contributed by atoms with Crippen LogP contribution < -0.4 is 0 Å². The lowest BCUT2D eigenvalue weighted by Gasteiger charge is -2.43. The van der Waals surface area contributed by atoms with E-state index in [1.54, 1.807) is 0 Å². The van der Waals surface area contributed by atoms with Crippen molar-refractivity contribution in [2.75, 3.05) is 6.61 Å². The van der Waals surface area contributed by atoms with Crippen LogP contribution in [0.4, 0.5) is 0 Å². The topological polar surface area (TPSA) is 27.7 Å². The van der Waals surface area contributed by atoms with Gasteiger partial charge in [0.25, 0.3) is 0 Å². The standard InChI is InChI=1S/C24H41BrO3Si2/c1-23(2,3)29(7,8)26-17-22-21(28-30(9,10)24(4,5)6)16-15-20(27-22)18-11-13-19(25)14-12-18/h11-16,20-22H,17H2,1-10H3/t20-,21-,22+/m0/s1. The summed E-state index contributed by atoms with van der Waals surface area (Å²) in [5.74, 6) is 0. The maximum atomic E-state index is 6.77. The summed E-state index contributed by atoms with van der Waals surface area (Å²) >= 11 is 3.52. The van der Waals surface area contributed by atoms with Gasteiger partial charge < -0.3 is 13.6 Å². The van der Waals surface area contributed by atoms with Crippen LogP contribution >= 0.6 is 15.9 Å². The molecule has 0 N–H and O–H groups in total. The van der Waals surface area contributed by atoms with Gasteiger partial charge in [0.15, 0.2) is 16.6 Å². The molecule has 3 atom stereocenters. The highest BCUT2D eigenvalue weighted by molar-refractivity contribution is 9.10. The lowest BCUT2D eigenvalue weighted by Crippen LogP contribution is -2.51. The van der Waals surface area contributed by atoms with Gasteiger partial charge in [-0.3, -0.25) is 0 Å². The molecule has 0 unspecified atom stereocenters. The molecule has 0 bridgehead atoms. The van der Waals surface area contributed by atoms with E-state index >= 15 is 0 Å². The van der Waals surface area contributed by atoms with E-state index < -0.39 is 16.6 Å². The molecule has 0 aliphatic carbocycles. The number of hydrogen-bond donors (Lipinski definition) is 0. The SMILES string of the molecule is CC(C)(C)[Si](C)(C)OC[C@H]1O[C@H](c2ccc(Br)cc2)C=C[C@@H]1O[Si](C)(C)C(C)(C)C. The predicted molar refractivity (Wildman–Crippen MR) is 136 cm³/mol. The fraction of sp³-hybridized carbons (Fsp3) is 0.667. The van der Waals surface area contributed by atoms with E-state index in [2.05, 4.69) is 120 Å². The zero-order valence-electron chi connectivity index (χ0n) is 20.5. The third kappa shape index (κ3) is 6.39. The second kappa shape index (κ2) is 9.32. The van der Waals surface area contributed by atoms with Crippen molar-refractivity contribution < 1.29 is 13.6 Å². The quantitative estimate of drug-likeness (QED) is 0.286. The number of benzene rings is 1. The van der Waals surface area contributed by atoms with Crippen molar-refractivity contribution in [2.24, 2.45) is 0 Å². The lowest BCUT2D eigenvalue weighted by atomic mass is 10.0. The zero-order chi connectivity index (χ0) is 23.0. The first-order valence-electron chi connectivity index (χ1n) is 10.9. The summed E-state index contributed by atoms with van der Waals surface area (Å²) in [5.41, 5.74) is 1.15. The van der Waals surface area contributed by atoms with Crippen LogP contribution in [0.2, 0.25) is 36.3 Å². The van der Waals surface area contributed by atoms with Crippen molar-refractivity contribution in [2.45, 2.75) is 96.1 Å². The number of halogens is 1. The van der Waals surface area contributed by atoms with Gasteiger partial charge in [0, 0.05) is 4.47 Å².